The van der Waals surface area contributed by atoms with Gasteiger partial charge in [-0.15, -0.1) is 0 Å². The third kappa shape index (κ3) is 6.44. The molecule has 45 heavy (non-hydrogen) atoms. The summed E-state index contributed by atoms with van der Waals surface area (Å²) in [5.41, 5.74) is 4.94. The van der Waals surface area contributed by atoms with E-state index in [1.54, 1.807) is 7.11 Å². The number of likely N-dealkylation sites (tertiary alicyclic amines) is 1. The van der Waals surface area contributed by atoms with E-state index < -0.39 is 0 Å². The Morgan fingerprint density at radius 1 is 0.911 bits per heavy atom. The number of hydrogen-bond donors (Lipinski definition) is 0. The fourth-order valence-corrected chi connectivity index (χ4v) is 7.77. The van der Waals surface area contributed by atoms with Gasteiger partial charge in [-0.05, 0) is 88.9 Å². The maximum absolute atomic E-state index is 6.37. The molecule has 3 aliphatic heterocycles. The van der Waals surface area contributed by atoms with Gasteiger partial charge in [-0.3, -0.25) is 0 Å². The summed E-state index contributed by atoms with van der Waals surface area (Å²) in [5, 5.41) is 2.61. The van der Waals surface area contributed by atoms with Crippen molar-refractivity contribution in [1.82, 2.24) is 14.9 Å². The van der Waals surface area contributed by atoms with Gasteiger partial charge in [0.25, 0.3) is 0 Å². The number of aryl methyl sites for hydroxylation is 1. The number of ether oxygens (including phenoxy) is 2. The average Bonchev–Trinajstić information content (AvgIpc) is 3.71. The van der Waals surface area contributed by atoms with Crippen molar-refractivity contribution in [3.05, 3.63) is 53.2 Å². The normalized spacial score (nSPS) is 24.1. The molecule has 4 aliphatic rings. The molecule has 2 saturated heterocycles. The van der Waals surface area contributed by atoms with Crippen LogP contribution in [0.25, 0.3) is 10.8 Å². The lowest BCUT2D eigenvalue weighted by Gasteiger charge is -2.36. The van der Waals surface area contributed by atoms with Crippen LogP contribution < -0.4 is 14.5 Å². The number of piperidine rings is 1. The van der Waals surface area contributed by atoms with Crippen LogP contribution in [0.4, 0.5) is 11.5 Å². The summed E-state index contributed by atoms with van der Waals surface area (Å²) in [6.45, 7) is 7.45. The van der Waals surface area contributed by atoms with E-state index in [2.05, 4.69) is 76.1 Å². The van der Waals surface area contributed by atoms with Crippen LogP contribution in [0.2, 0.25) is 0 Å². The van der Waals surface area contributed by atoms with Gasteiger partial charge in [0.1, 0.15) is 12.4 Å². The SMILES string of the molecule is CO[C@H]1CCC[C@H]1N=C=NC1CCN(c2nc(OC[C@@H]3CCCN3C)nc3c2CCN(c2cccc4cccc(C)c24)C3)CC1. The van der Waals surface area contributed by atoms with Crippen molar-refractivity contribution in [2.45, 2.75) is 89.1 Å². The summed E-state index contributed by atoms with van der Waals surface area (Å²) >= 11 is 0. The molecule has 3 aromatic rings. The van der Waals surface area contributed by atoms with Crippen LogP contribution in [0.1, 0.15) is 61.8 Å². The van der Waals surface area contributed by atoms with Crippen molar-refractivity contribution in [2.24, 2.45) is 9.98 Å². The van der Waals surface area contributed by atoms with E-state index in [-0.39, 0.29) is 18.2 Å². The number of rotatable bonds is 8. The first-order valence-electron chi connectivity index (χ1n) is 17.0. The van der Waals surface area contributed by atoms with Crippen molar-refractivity contribution in [3.63, 3.8) is 0 Å². The molecule has 9 heteroatoms. The van der Waals surface area contributed by atoms with E-state index in [0.29, 0.717) is 18.7 Å². The number of benzene rings is 2. The number of likely N-dealkylation sites (N-methyl/N-ethyl adjacent to an activating group) is 1. The Hall–Kier alpha value is -3.52. The van der Waals surface area contributed by atoms with Crippen LogP contribution in [0.5, 0.6) is 6.01 Å². The second-order valence-corrected chi connectivity index (χ2v) is 13.3. The molecule has 0 bridgehead atoms. The van der Waals surface area contributed by atoms with E-state index in [0.717, 1.165) is 82.8 Å². The molecular weight excluding hydrogens is 562 g/mol. The molecule has 0 spiro atoms. The van der Waals surface area contributed by atoms with E-state index in [4.69, 9.17) is 24.4 Å². The van der Waals surface area contributed by atoms with Crippen LogP contribution in [-0.2, 0) is 17.7 Å². The van der Waals surface area contributed by atoms with Crippen LogP contribution >= 0.6 is 0 Å². The summed E-state index contributed by atoms with van der Waals surface area (Å²) in [4.78, 5) is 26.8. The Labute approximate surface area is 267 Å². The molecule has 1 saturated carbocycles. The van der Waals surface area contributed by atoms with E-state index in [9.17, 15) is 0 Å². The first-order valence-corrected chi connectivity index (χ1v) is 17.0. The Balaban J connectivity index is 1.12. The zero-order valence-corrected chi connectivity index (χ0v) is 27.1. The molecule has 0 radical (unpaired) electrons. The number of nitrogens with zero attached hydrogens (tertiary/aromatic N) is 7. The Bertz CT molecular complexity index is 1560. The lowest BCUT2D eigenvalue weighted by Crippen LogP contribution is -2.39. The van der Waals surface area contributed by atoms with Gasteiger partial charge in [-0.25, -0.2) is 9.98 Å². The smallest absolute Gasteiger partial charge is 0.318 e. The van der Waals surface area contributed by atoms with E-state index in [1.165, 1.54) is 40.4 Å². The Morgan fingerprint density at radius 2 is 1.76 bits per heavy atom. The fraction of sp³-hybridized carbons (Fsp3) is 0.583. The summed E-state index contributed by atoms with van der Waals surface area (Å²) in [7, 11) is 3.97. The van der Waals surface area contributed by atoms with Crippen molar-refractivity contribution in [3.8, 4) is 6.01 Å². The highest BCUT2D eigenvalue weighted by Crippen LogP contribution is 2.36. The number of aliphatic imine (C=N–C) groups is 2. The highest BCUT2D eigenvalue weighted by atomic mass is 16.5. The molecular formula is C36H47N7O2. The lowest BCUT2D eigenvalue weighted by atomic mass is 9.99. The molecule has 3 atom stereocenters. The number of fused-ring (bicyclic) bond motifs is 2. The number of methoxy groups -OCH3 is 1. The Morgan fingerprint density at radius 3 is 2.56 bits per heavy atom. The van der Waals surface area contributed by atoms with Gasteiger partial charge in [-0.1, -0.05) is 30.3 Å². The molecule has 1 aromatic heterocycles. The van der Waals surface area contributed by atoms with Gasteiger partial charge in [-0.2, -0.15) is 9.97 Å². The maximum Gasteiger partial charge on any atom is 0.318 e. The second-order valence-electron chi connectivity index (χ2n) is 13.3. The minimum absolute atomic E-state index is 0.200. The van der Waals surface area contributed by atoms with Gasteiger partial charge < -0.3 is 24.2 Å². The summed E-state index contributed by atoms with van der Waals surface area (Å²) in [6.07, 6.45) is 8.73. The minimum atomic E-state index is 0.200. The van der Waals surface area contributed by atoms with Gasteiger partial charge in [0.2, 0.25) is 0 Å². The van der Waals surface area contributed by atoms with Crippen molar-refractivity contribution in [2.75, 3.05) is 56.7 Å². The van der Waals surface area contributed by atoms with Crippen LogP contribution in [-0.4, -0.2) is 92.0 Å². The molecule has 0 unspecified atom stereocenters. The first kappa shape index (κ1) is 30.2. The molecule has 3 fully saturated rings. The summed E-state index contributed by atoms with van der Waals surface area (Å²) in [6, 6.07) is 17.6. The van der Waals surface area contributed by atoms with Gasteiger partial charge in [0.15, 0.2) is 0 Å². The largest absolute Gasteiger partial charge is 0.462 e. The van der Waals surface area contributed by atoms with Crippen LogP contribution in [0, 0.1) is 6.92 Å². The minimum Gasteiger partial charge on any atom is -0.462 e. The third-order valence-electron chi connectivity index (χ3n) is 10.5. The highest BCUT2D eigenvalue weighted by Gasteiger charge is 2.30. The summed E-state index contributed by atoms with van der Waals surface area (Å²) < 4.78 is 12.0. The average molecular weight is 610 g/mol. The maximum atomic E-state index is 6.37. The Kier molecular flexibility index (Phi) is 9.01. The molecule has 2 aromatic carbocycles. The van der Waals surface area contributed by atoms with Gasteiger partial charge in [0, 0.05) is 49.4 Å². The fourth-order valence-electron chi connectivity index (χ4n) is 7.77. The number of hydrogen-bond acceptors (Lipinski definition) is 9. The molecule has 0 amide bonds. The zero-order valence-electron chi connectivity index (χ0n) is 27.1. The molecule has 1 aliphatic carbocycles. The standard InChI is InChI=1S/C36H47N7O2/c1-25-8-4-9-26-10-5-13-32(34(25)26)43-21-17-29-31(22-43)39-36(45-23-28-11-7-18-41(28)2)40-35(29)42-19-15-27(16-20-42)37-24-38-30-12-6-14-33(30)44-3/h4-5,8-10,13,27-28,30,33H,6-7,11-12,14-23H2,1-3H3/t28-,30+,33-/m0/s1. The quantitative estimate of drug-likeness (QED) is 0.304. The number of anilines is 2. The summed E-state index contributed by atoms with van der Waals surface area (Å²) in [5.74, 6) is 1.05. The number of aromatic nitrogens is 2. The third-order valence-corrected chi connectivity index (χ3v) is 10.5. The van der Waals surface area contributed by atoms with Crippen molar-refractivity contribution >= 4 is 28.3 Å². The monoisotopic (exact) mass is 609 g/mol. The van der Waals surface area contributed by atoms with Gasteiger partial charge in [0.05, 0.1) is 36.4 Å². The second kappa shape index (κ2) is 13.5. The van der Waals surface area contributed by atoms with E-state index >= 15 is 0 Å². The lowest BCUT2D eigenvalue weighted by molar-refractivity contribution is 0.0968. The van der Waals surface area contributed by atoms with E-state index in [1.807, 2.05) is 0 Å². The highest BCUT2D eigenvalue weighted by molar-refractivity contribution is 5.97. The molecule has 4 heterocycles. The zero-order chi connectivity index (χ0) is 30.8. The first-order chi connectivity index (χ1) is 22.1. The molecule has 0 N–H and O–H groups in total. The molecule has 238 valence electrons. The van der Waals surface area contributed by atoms with Crippen molar-refractivity contribution < 1.29 is 9.47 Å². The van der Waals surface area contributed by atoms with Crippen LogP contribution in [0.3, 0.4) is 0 Å². The van der Waals surface area contributed by atoms with Gasteiger partial charge >= 0.3 is 6.01 Å². The predicted molar refractivity (Wildman–Crippen MR) is 180 cm³/mol. The van der Waals surface area contributed by atoms with Crippen molar-refractivity contribution in [1.29, 1.82) is 0 Å². The molecule has 9 nitrogen and oxygen atoms in total. The predicted octanol–water partition coefficient (Wildman–Crippen LogP) is 5.68. The van der Waals surface area contributed by atoms with Crippen LogP contribution in [0.15, 0.2) is 46.4 Å². The molecule has 7 rings (SSSR count). The topological polar surface area (TPSA) is 78.7 Å².